The highest BCUT2D eigenvalue weighted by Crippen LogP contribution is 2.19. The molecule has 1 aromatic heterocycles. The number of benzene rings is 1. The van der Waals surface area contributed by atoms with Crippen LogP contribution < -0.4 is 0 Å². The van der Waals surface area contributed by atoms with Crippen LogP contribution in [0.2, 0.25) is 5.02 Å². The summed E-state index contributed by atoms with van der Waals surface area (Å²) in [5.41, 5.74) is 1.87. The summed E-state index contributed by atoms with van der Waals surface area (Å²) < 4.78 is 14.5. The molecule has 94 valence electrons. The van der Waals surface area contributed by atoms with Gasteiger partial charge >= 0.3 is 0 Å². The fraction of sp³-hybridized carbons (Fsp3) is 0.231. The Labute approximate surface area is 109 Å². The number of hydrogen-bond donors (Lipinski definition) is 0. The third-order valence-corrected chi connectivity index (χ3v) is 3.03. The molecule has 0 bridgehead atoms. The van der Waals surface area contributed by atoms with Crippen LogP contribution in [-0.4, -0.2) is 15.6 Å². The highest BCUT2D eigenvalue weighted by Gasteiger charge is 2.14. The third-order valence-electron chi connectivity index (χ3n) is 2.68. The number of aromatic nitrogens is 2. The molecule has 0 N–H and O–H groups in total. The van der Waals surface area contributed by atoms with Crippen LogP contribution >= 0.6 is 11.6 Å². The maximum absolute atomic E-state index is 12.9. The van der Waals surface area contributed by atoms with Crippen molar-refractivity contribution >= 4 is 17.4 Å². The van der Waals surface area contributed by atoms with Crippen molar-refractivity contribution in [2.75, 3.05) is 0 Å². The Balaban J connectivity index is 2.24. The molecule has 0 unspecified atom stereocenters. The molecule has 0 aliphatic rings. The zero-order valence-corrected chi connectivity index (χ0v) is 10.8. The van der Waals surface area contributed by atoms with E-state index in [4.69, 9.17) is 11.6 Å². The molecule has 0 saturated heterocycles. The molecule has 1 aromatic carbocycles. The molecule has 3 nitrogen and oxygen atoms in total. The lowest BCUT2D eigenvalue weighted by molar-refractivity contribution is 0.0992. The number of rotatable bonds is 3. The fourth-order valence-electron chi connectivity index (χ4n) is 1.81. The van der Waals surface area contributed by atoms with Crippen LogP contribution in [0, 0.1) is 12.7 Å². The average Bonchev–Trinajstić information content (AvgIpc) is 2.62. The lowest BCUT2D eigenvalue weighted by Gasteiger charge is -2.03. The van der Waals surface area contributed by atoms with E-state index in [1.54, 1.807) is 24.9 Å². The first-order valence-corrected chi connectivity index (χ1v) is 5.82. The summed E-state index contributed by atoms with van der Waals surface area (Å²) in [7, 11) is 1.76. The molecule has 0 aliphatic carbocycles. The lowest BCUT2D eigenvalue weighted by Crippen LogP contribution is -2.04. The van der Waals surface area contributed by atoms with Crippen molar-refractivity contribution in [3.8, 4) is 0 Å². The van der Waals surface area contributed by atoms with Gasteiger partial charge in [-0.3, -0.25) is 9.48 Å². The van der Waals surface area contributed by atoms with E-state index in [1.807, 2.05) is 0 Å². The molecule has 0 saturated carbocycles. The quantitative estimate of drug-likeness (QED) is 0.801. The Kier molecular flexibility index (Phi) is 3.48. The van der Waals surface area contributed by atoms with Gasteiger partial charge in [-0.2, -0.15) is 5.10 Å². The van der Waals surface area contributed by atoms with E-state index in [0.29, 0.717) is 16.8 Å². The maximum atomic E-state index is 12.9. The Morgan fingerprint density at radius 1 is 1.50 bits per heavy atom. The van der Waals surface area contributed by atoms with Gasteiger partial charge in [-0.1, -0.05) is 17.7 Å². The summed E-state index contributed by atoms with van der Waals surface area (Å²) in [6, 6.07) is 4.03. The van der Waals surface area contributed by atoms with Gasteiger partial charge in [0, 0.05) is 24.7 Å². The number of carbonyl (C=O) groups is 1. The van der Waals surface area contributed by atoms with Crippen molar-refractivity contribution < 1.29 is 9.18 Å². The van der Waals surface area contributed by atoms with E-state index in [-0.39, 0.29) is 17.2 Å². The van der Waals surface area contributed by atoms with Crippen LogP contribution in [0.1, 0.15) is 21.6 Å². The summed E-state index contributed by atoms with van der Waals surface area (Å²) in [5.74, 6) is -0.483. The van der Waals surface area contributed by atoms with Crippen LogP contribution in [0.25, 0.3) is 0 Å². The first-order valence-electron chi connectivity index (χ1n) is 5.44. The molecule has 2 rings (SSSR count). The Hall–Kier alpha value is -1.68. The summed E-state index contributed by atoms with van der Waals surface area (Å²) in [6.07, 6.45) is 1.82. The first kappa shape index (κ1) is 12.8. The molecule has 0 fully saturated rings. The number of carbonyl (C=O) groups excluding carboxylic acids is 1. The number of halogens is 2. The number of ketones is 1. The lowest BCUT2D eigenvalue weighted by atomic mass is 10.0. The number of nitrogens with zero attached hydrogens (tertiary/aromatic N) is 2. The summed E-state index contributed by atoms with van der Waals surface area (Å²) in [4.78, 5) is 12.1. The molecular weight excluding hydrogens is 255 g/mol. The number of Topliss-reactive ketones (excluding diaryl/α,β-unsaturated/α-hetero) is 1. The molecule has 0 amide bonds. The first-order chi connectivity index (χ1) is 8.47. The SMILES string of the molecule is Cc1nn(C)cc1C(=O)Cc1ccc(F)cc1Cl. The molecule has 0 aliphatic heterocycles. The van der Waals surface area contributed by atoms with Crippen LogP contribution in [-0.2, 0) is 13.5 Å². The molecule has 18 heavy (non-hydrogen) atoms. The smallest absolute Gasteiger partial charge is 0.170 e. The van der Waals surface area contributed by atoms with Crippen LogP contribution in [0.5, 0.6) is 0 Å². The zero-order chi connectivity index (χ0) is 13.3. The zero-order valence-electron chi connectivity index (χ0n) is 10.1. The van der Waals surface area contributed by atoms with E-state index in [2.05, 4.69) is 5.10 Å². The average molecular weight is 267 g/mol. The van der Waals surface area contributed by atoms with Gasteiger partial charge in [0.2, 0.25) is 0 Å². The van der Waals surface area contributed by atoms with Crippen molar-refractivity contribution in [2.45, 2.75) is 13.3 Å². The van der Waals surface area contributed by atoms with E-state index in [9.17, 15) is 9.18 Å². The molecule has 1 heterocycles. The fourth-order valence-corrected chi connectivity index (χ4v) is 2.04. The van der Waals surface area contributed by atoms with E-state index in [1.165, 1.54) is 18.2 Å². The number of hydrogen-bond acceptors (Lipinski definition) is 2. The summed E-state index contributed by atoms with van der Waals surface area (Å²) in [5, 5.41) is 4.38. The van der Waals surface area contributed by atoms with Crippen molar-refractivity contribution in [3.63, 3.8) is 0 Å². The molecule has 0 atom stereocenters. The van der Waals surface area contributed by atoms with Gasteiger partial charge in [0.25, 0.3) is 0 Å². The maximum Gasteiger partial charge on any atom is 0.170 e. The largest absolute Gasteiger partial charge is 0.294 e. The predicted molar refractivity (Wildman–Crippen MR) is 67.4 cm³/mol. The third kappa shape index (κ3) is 2.59. The molecule has 2 aromatic rings. The van der Waals surface area contributed by atoms with Gasteiger partial charge in [0.1, 0.15) is 5.82 Å². The highest BCUT2D eigenvalue weighted by molar-refractivity contribution is 6.31. The minimum atomic E-state index is -0.409. The van der Waals surface area contributed by atoms with Crippen LogP contribution in [0.3, 0.4) is 0 Å². The Morgan fingerprint density at radius 2 is 2.22 bits per heavy atom. The topological polar surface area (TPSA) is 34.9 Å². The van der Waals surface area contributed by atoms with Gasteiger partial charge in [0.15, 0.2) is 5.78 Å². The van der Waals surface area contributed by atoms with Crippen molar-refractivity contribution in [1.29, 1.82) is 0 Å². The van der Waals surface area contributed by atoms with Gasteiger partial charge in [-0.15, -0.1) is 0 Å². The Morgan fingerprint density at radius 3 is 2.78 bits per heavy atom. The minimum Gasteiger partial charge on any atom is -0.294 e. The van der Waals surface area contributed by atoms with Crippen molar-refractivity contribution in [1.82, 2.24) is 9.78 Å². The highest BCUT2D eigenvalue weighted by atomic mass is 35.5. The second-order valence-electron chi connectivity index (χ2n) is 4.14. The molecule has 5 heteroatoms. The second kappa shape index (κ2) is 4.90. The van der Waals surface area contributed by atoms with Gasteiger partial charge in [-0.25, -0.2) is 4.39 Å². The van der Waals surface area contributed by atoms with Gasteiger partial charge < -0.3 is 0 Å². The standard InChI is InChI=1S/C13H12ClFN2O/c1-8-11(7-17(2)16-8)13(18)5-9-3-4-10(15)6-12(9)14/h3-4,6-7H,5H2,1-2H3. The number of aryl methyl sites for hydroxylation is 2. The van der Waals surface area contributed by atoms with Crippen LogP contribution in [0.4, 0.5) is 4.39 Å². The Bertz CT molecular complexity index is 607. The van der Waals surface area contributed by atoms with E-state index >= 15 is 0 Å². The normalized spacial score (nSPS) is 10.7. The summed E-state index contributed by atoms with van der Waals surface area (Å²) in [6.45, 7) is 1.78. The van der Waals surface area contributed by atoms with Crippen molar-refractivity contribution in [2.24, 2.45) is 7.05 Å². The molecule has 0 spiro atoms. The van der Waals surface area contributed by atoms with Gasteiger partial charge in [0.05, 0.1) is 11.3 Å². The predicted octanol–water partition coefficient (Wildman–Crippen LogP) is 2.95. The van der Waals surface area contributed by atoms with E-state index in [0.717, 1.165) is 0 Å². The molecule has 0 radical (unpaired) electrons. The van der Waals surface area contributed by atoms with Crippen molar-refractivity contribution in [3.05, 3.63) is 52.1 Å². The van der Waals surface area contributed by atoms with Crippen LogP contribution in [0.15, 0.2) is 24.4 Å². The second-order valence-corrected chi connectivity index (χ2v) is 4.54. The minimum absolute atomic E-state index is 0.0749. The van der Waals surface area contributed by atoms with E-state index < -0.39 is 5.82 Å². The monoisotopic (exact) mass is 266 g/mol. The van der Waals surface area contributed by atoms with Gasteiger partial charge in [-0.05, 0) is 24.6 Å². The summed E-state index contributed by atoms with van der Waals surface area (Å²) >= 11 is 5.89. The molecular formula is C13H12ClFN2O.